The van der Waals surface area contributed by atoms with E-state index < -0.39 is 0 Å². The summed E-state index contributed by atoms with van der Waals surface area (Å²) in [6.45, 7) is 7.50. The minimum atomic E-state index is -0.240. The SMILES string of the molecule is C=CC[C@H](C)C=CCOC(C)=O. The lowest BCUT2D eigenvalue weighted by atomic mass is 10.1. The van der Waals surface area contributed by atoms with Crippen molar-refractivity contribution in [1.29, 1.82) is 0 Å². The maximum atomic E-state index is 10.3. The number of carbonyl (C=O) groups is 1. The molecule has 0 heterocycles. The van der Waals surface area contributed by atoms with Gasteiger partial charge in [-0.25, -0.2) is 0 Å². The Morgan fingerprint density at radius 2 is 2.33 bits per heavy atom. The topological polar surface area (TPSA) is 26.3 Å². The highest BCUT2D eigenvalue weighted by molar-refractivity contribution is 5.65. The van der Waals surface area contributed by atoms with Crippen LogP contribution in [0.1, 0.15) is 20.3 Å². The summed E-state index contributed by atoms with van der Waals surface area (Å²) in [5, 5.41) is 0. The van der Waals surface area contributed by atoms with E-state index in [2.05, 4.69) is 13.5 Å². The predicted octanol–water partition coefficient (Wildman–Crippen LogP) is 2.32. The van der Waals surface area contributed by atoms with E-state index in [-0.39, 0.29) is 5.97 Å². The molecular weight excluding hydrogens is 152 g/mol. The van der Waals surface area contributed by atoms with Gasteiger partial charge >= 0.3 is 5.97 Å². The zero-order chi connectivity index (χ0) is 9.40. The summed E-state index contributed by atoms with van der Waals surface area (Å²) < 4.78 is 4.72. The van der Waals surface area contributed by atoms with Gasteiger partial charge in [0.05, 0.1) is 0 Å². The van der Waals surface area contributed by atoms with Crippen LogP contribution in [0, 0.1) is 5.92 Å². The number of hydrogen-bond acceptors (Lipinski definition) is 2. The van der Waals surface area contributed by atoms with E-state index in [1.54, 1.807) is 0 Å². The normalized spacial score (nSPS) is 12.8. The third kappa shape index (κ3) is 7.06. The van der Waals surface area contributed by atoms with E-state index >= 15 is 0 Å². The zero-order valence-electron chi connectivity index (χ0n) is 7.75. The first kappa shape index (κ1) is 11.0. The monoisotopic (exact) mass is 168 g/mol. The Morgan fingerprint density at radius 1 is 1.67 bits per heavy atom. The Hall–Kier alpha value is -1.05. The molecule has 2 heteroatoms. The molecule has 68 valence electrons. The fourth-order valence-electron chi connectivity index (χ4n) is 0.795. The second-order valence-corrected chi connectivity index (χ2v) is 2.73. The maximum absolute atomic E-state index is 10.3. The highest BCUT2D eigenvalue weighted by Crippen LogP contribution is 2.03. The van der Waals surface area contributed by atoms with Gasteiger partial charge in [-0.15, -0.1) is 6.58 Å². The zero-order valence-corrected chi connectivity index (χ0v) is 7.75. The summed E-state index contributed by atoms with van der Waals surface area (Å²) in [7, 11) is 0. The van der Waals surface area contributed by atoms with E-state index in [9.17, 15) is 4.79 Å². The van der Waals surface area contributed by atoms with Crippen LogP contribution in [-0.4, -0.2) is 12.6 Å². The van der Waals surface area contributed by atoms with Crippen molar-refractivity contribution in [2.75, 3.05) is 6.61 Å². The smallest absolute Gasteiger partial charge is 0.302 e. The van der Waals surface area contributed by atoms with Gasteiger partial charge in [-0.1, -0.05) is 25.2 Å². The van der Waals surface area contributed by atoms with Crippen LogP contribution < -0.4 is 0 Å². The maximum Gasteiger partial charge on any atom is 0.302 e. The van der Waals surface area contributed by atoms with Crippen molar-refractivity contribution in [3.8, 4) is 0 Å². The number of ether oxygens (including phenoxy) is 1. The number of rotatable bonds is 5. The highest BCUT2D eigenvalue weighted by atomic mass is 16.5. The molecule has 0 spiro atoms. The summed E-state index contributed by atoms with van der Waals surface area (Å²) in [4.78, 5) is 10.3. The van der Waals surface area contributed by atoms with Crippen molar-refractivity contribution in [1.82, 2.24) is 0 Å². The molecule has 0 amide bonds. The number of carbonyl (C=O) groups excluding carboxylic acids is 1. The molecule has 0 saturated carbocycles. The molecule has 0 radical (unpaired) electrons. The first-order chi connectivity index (χ1) is 5.66. The predicted molar refractivity (Wildman–Crippen MR) is 49.8 cm³/mol. The molecule has 12 heavy (non-hydrogen) atoms. The molecule has 0 fully saturated rings. The summed E-state index contributed by atoms with van der Waals surface area (Å²) in [5.41, 5.74) is 0. The number of allylic oxidation sites excluding steroid dienone is 2. The lowest BCUT2D eigenvalue weighted by molar-refractivity contribution is -0.139. The number of esters is 1. The van der Waals surface area contributed by atoms with E-state index in [0.717, 1.165) is 6.42 Å². The van der Waals surface area contributed by atoms with Crippen molar-refractivity contribution in [3.05, 3.63) is 24.8 Å². The largest absolute Gasteiger partial charge is 0.462 e. The first-order valence-corrected chi connectivity index (χ1v) is 4.07. The Morgan fingerprint density at radius 3 is 2.83 bits per heavy atom. The van der Waals surface area contributed by atoms with E-state index in [1.165, 1.54) is 6.92 Å². The fraction of sp³-hybridized carbons (Fsp3) is 0.500. The van der Waals surface area contributed by atoms with Crippen molar-refractivity contribution in [3.63, 3.8) is 0 Å². The van der Waals surface area contributed by atoms with Gasteiger partial charge in [-0.05, 0) is 12.3 Å². The molecule has 0 aliphatic carbocycles. The number of hydrogen-bond donors (Lipinski definition) is 0. The molecule has 0 bridgehead atoms. The minimum absolute atomic E-state index is 0.240. The Kier molecular flexibility index (Phi) is 6.07. The Labute approximate surface area is 73.9 Å². The van der Waals surface area contributed by atoms with Crippen LogP contribution in [0.2, 0.25) is 0 Å². The van der Waals surface area contributed by atoms with Crippen LogP contribution in [0.15, 0.2) is 24.8 Å². The quantitative estimate of drug-likeness (QED) is 0.465. The molecule has 0 unspecified atom stereocenters. The first-order valence-electron chi connectivity index (χ1n) is 4.07. The summed E-state index contributed by atoms with van der Waals surface area (Å²) in [6, 6.07) is 0. The summed E-state index contributed by atoms with van der Waals surface area (Å²) in [5.74, 6) is 0.231. The van der Waals surface area contributed by atoms with Gasteiger partial charge in [0, 0.05) is 6.92 Å². The molecule has 0 saturated heterocycles. The van der Waals surface area contributed by atoms with Crippen LogP contribution in [0.5, 0.6) is 0 Å². The van der Waals surface area contributed by atoms with E-state index in [0.29, 0.717) is 12.5 Å². The Balaban J connectivity index is 3.47. The van der Waals surface area contributed by atoms with Crippen molar-refractivity contribution >= 4 is 5.97 Å². The van der Waals surface area contributed by atoms with Crippen molar-refractivity contribution < 1.29 is 9.53 Å². The third-order valence-electron chi connectivity index (χ3n) is 1.39. The minimum Gasteiger partial charge on any atom is -0.462 e. The molecule has 2 nitrogen and oxygen atoms in total. The molecule has 1 atom stereocenters. The van der Waals surface area contributed by atoms with Crippen LogP contribution in [-0.2, 0) is 9.53 Å². The molecular formula is C10H16O2. The molecule has 0 rings (SSSR count). The van der Waals surface area contributed by atoms with Crippen LogP contribution >= 0.6 is 0 Å². The molecule has 0 aromatic carbocycles. The summed E-state index contributed by atoms with van der Waals surface area (Å²) >= 11 is 0. The van der Waals surface area contributed by atoms with Gasteiger partial charge in [0.25, 0.3) is 0 Å². The third-order valence-corrected chi connectivity index (χ3v) is 1.39. The lowest BCUT2D eigenvalue weighted by Crippen LogP contribution is -1.98. The molecule has 0 aliphatic rings. The standard InChI is InChI=1S/C10H16O2/c1-4-6-9(2)7-5-8-12-10(3)11/h4-5,7,9H,1,6,8H2,2-3H3/t9-/m0/s1. The second kappa shape index (κ2) is 6.65. The van der Waals surface area contributed by atoms with Gasteiger partial charge in [-0.2, -0.15) is 0 Å². The second-order valence-electron chi connectivity index (χ2n) is 2.73. The summed E-state index contributed by atoms with van der Waals surface area (Å²) in [6.07, 6.45) is 6.71. The lowest BCUT2D eigenvalue weighted by Gasteiger charge is -2.00. The van der Waals surface area contributed by atoms with Crippen molar-refractivity contribution in [2.45, 2.75) is 20.3 Å². The van der Waals surface area contributed by atoms with Crippen LogP contribution in [0.25, 0.3) is 0 Å². The van der Waals surface area contributed by atoms with Gasteiger partial charge in [0.2, 0.25) is 0 Å². The average Bonchev–Trinajstić information content (AvgIpc) is 1.98. The molecule has 0 aromatic rings. The van der Waals surface area contributed by atoms with Crippen LogP contribution in [0.3, 0.4) is 0 Å². The average molecular weight is 168 g/mol. The van der Waals surface area contributed by atoms with Gasteiger partial charge in [0.15, 0.2) is 0 Å². The molecule has 0 aromatic heterocycles. The van der Waals surface area contributed by atoms with Crippen molar-refractivity contribution in [2.24, 2.45) is 5.92 Å². The fourth-order valence-corrected chi connectivity index (χ4v) is 0.795. The van der Waals surface area contributed by atoms with E-state index in [4.69, 9.17) is 4.74 Å². The molecule has 0 N–H and O–H groups in total. The molecule has 0 aliphatic heterocycles. The van der Waals surface area contributed by atoms with E-state index in [1.807, 2.05) is 18.2 Å². The van der Waals surface area contributed by atoms with Gasteiger partial charge < -0.3 is 4.74 Å². The van der Waals surface area contributed by atoms with Gasteiger partial charge in [0.1, 0.15) is 6.61 Å². The highest BCUT2D eigenvalue weighted by Gasteiger charge is 1.92. The van der Waals surface area contributed by atoms with Gasteiger partial charge in [-0.3, -0.25) is 4.79 Å². The van der Waals surface area contributed by atoms with Crippen LogP contribution in [0.4, 0.5) is 0 Å². The Bertz CT molecular complexity index is 171.